The molecule has 1 saturated heterocycles. The maximum absolute atomic E-state index is 12.2. The molecule has 7 atom stereocenters. The minimum atomic E-state index is -1.95. The van der Waals surface area contributed by atoms with Gasteiger partial charge in [-0.2, -0.15) is 0 Å². The van der Waals surface area contributed by atoms with Crippen LogP contribution >= 0.6 is 0 Å². The molecule has 0 saturated carbocycles. The van der Waals surface area contributed by atoms with Crippen LogP contribution in [0.3, 0.4) is 0 Å². The fourth-order valence-corrected chi connectivity index (χ4v) is 4.40. The topological polar surface area (TPSA) is 160 Å². The molecule has 1 aliphatic rings. The zero-order chi connectivity index (χ0) is 26.8. The molecule has 1 fully saturated rings. The van der Waals surface area contributed by atoms with Crippen LogP contribution < -0.4 is 0 Å². The van der Waals surface area contributed by atoms with E-state index in [1.54, 1.807) is 0 Å². The van der Waals surface area contributed by atoms with E-state index in [1.165, 1.54) is 70.6 Å². The Hall–Kier alpha value is -0.810. The van der Waals surface area contributed by atoms with Gasteiger partial charge in [-0.1, -0.05) is 96.8 Å². The summed E-state index contributed by atoms with van der Waals surface area (Å²) >= 11 is 0. The van der Waals surface area contributed by atoms with Crippen LogP contribution in [0, 0.1) is 0 Å². The largest absolute Gasteiger partial charge is 0.457 e. The van der Waals surface area contributed by atoms with E-state index in [4.69, 9.17) is 14.6 Å². The first-order valence-corrected chi connectivity index (χ1v) is 14.2. The lowest BCUT2D eigenvalue weighted by Gasteiger charge is -2.31. The van der Waals surface area contributed by atoms with Gasteiger partial charge in [0.05, 0.1) is 13.2 Å². The molecular weight excluding hydrogens is 468 g/mol. The summed E-state index contributed by atoms with van der Waals surface area (Å²) in [6, 6.07) is 0. The smallest absolute Gasteiger partial charge is 0.306 e. The number of carbonyl (C=O) groups is 1. The first kappa shape index (κ1) is 33.2. The van der Waals surface area contributed by atoms with Crippen molar-refractivity contribution in [1.82, 2.24) is 0 Å². The number of esters is 1. The molecule has 214 valence electrons. The van der Waals surface area contributed by atoms with E-state index in [-0.39, 0.29) is 13.0 Å². The van der Waals surface area contributed by atoms with Crippen molar-refractivity contribution >= 4 is 5.97 Å². The van der Waals surface area contributed by atoms with E-state index in [0.717, 1.165) is 19.3 Å². The highest BCUT2D eigenvalue weighted by Gasteiger charge is 2.46. The molecule has 0 spiro atoms. The predicted molar refractivity (Wildman–Crippen MR) is 136 cm³/mol. The third-order valence-corrected chi connectivity index (χ3v) is 6.95. The number of rotatable bonds is 24. The number of hydrogen-bond donors (Lipinski definition) is 6. The Morgan fingerprint density at radius 1 is 0.722 bits per heavy atom. The van der Waals surface area contributed by atoms with Gasteiger partial charge in [-0.25, -0.2) is 0 Å². The summed E-state index contributed by atoms with van der Waals surface area (Å²) < 4.78 is 10.4. The maximum atomic E-state index is 12.2. The Morgan fingerprint density at radius 2 is 1.14 bits per heavy atom. The first-order valence-electron chi connectivity index (χ1n) is 14.2. The summed E-state index contributed by atoms with van der Waals surface area (Å²) in [7, 11) is 0. The average molecular weight is 521 g/mol. The number of hydrogen-bond acceptors (Lipinski definition) is 9. The quantitative estimate of drug-likeness (QED) is 0.0638. The number of ether oxygens (including phenoxy) is 2. The lowest BCUT2D eigenvalue weighted by molar-refractivity contribution is -0.179. The van der Waals surface area contributed by atoms with Gasteiger partial charge in [0.15, 0.2) is 6.10 Å². The minimum absolute atomic E-state index is 0.179. The third-order valence-electron chi connectivity index (χ3n) is 6.95. The fraction of sp³-hybridized carbons (Fsp3) is 0.963. The second-order valence-corrected chi connectivity index (χ2v) is 10.2. The Morgan fingerprint density at radius 3 is 1.56 bits per heavy atom. The predicted octanol–water partition coefficient (Wildman–Crippen LogP) is 2.36. The molecule has 0 aliphatic carbocycles. The van der Waals surface area contributed by atoms with Gasteiger partial charge >= 0.3 is 5.97 Å². The molecule has 0 aromatic rings. The van der Waals surface area contributed by atoms with Gasteiger partial charge in [0.25, 0.3) is 0 Å². The fourth-order valence-electron chi connectivity index (χ4n) is 4.40. The van der Waals surface area contributed by atoms with Gasteiger partial charge in [-0.15, -0.1) is 0 Å². The first-order chi connectivity index (χ1) is 17.3. The van der Waals surface area contributed by atoms with E-state index in [0.29, 0.717) is 6.42 Å². The Bertz CT molecular complexity index is 543. The summed E-state index contributed by atoms with van der Waals surface area (Å²) in [6.07, 6.45) is 7.59. The van der Waals surface area contributed by atoms with E-state index in [1.807, 2.05) is 0 Å². The number of epoxide rings is 1. The molecule has 1 rings (SSSR count). The second kappa shape index (κ2) is 20.2. The lowest BCUT2D eigenvalue weighted by Crippen LogP contribution is -2.54. The third kappa shape index (κ3) is 14.2. The molecule has 0 aromatic carbocycles. The van der Waals surface area contributed by atoms with Gasteiger partial charge in [0, 0.05) is 6.42 Å². The second-order valence-electron chi connectivity index (χ2n) is 10.2. The van der Waals surface area contributed by atoms with Crippen molar-refractivity contribution in [3.8, 4) is 0 Å². The van der Waals surface area contributed by atoms with E-state index < -0.39 is 55.3 Å². The Balaban J connectivity index is 2.12. The van der Waals surface area contributed by atoms with Gasteiger partial charge in [-0.05, 0) is 6.42 Å². The molecule has 0 bridgehead atoms. The van der Waals surface area contributed by atoms with Crippen LogP contribution in [-0.2, 0) is 14.3 Å². The van der Waals surface area contributed by atoms with Crippen LogP contribution in [0.1, 0.15) is 110 Å². The van der Waals surface area contributed by atoms with Crippen LogP contribution in [-0.4, -0.2) is 92.5 Å². The normalized spacial score (nSPS) is 20.4. The van der Waals surface area contributed by atoms with E-state index >= 15 is 0 Å². The van der Waals surface area contributed by atoms with Crippen LogP contribution in [0.25, 0.3) is 0 Å². The molecule has 1 aliphatic heterocycles. The molecule has 0 amide bonds. The highest BCUT2D eigenvalue weighted by Crippen LogP contribution is 2.24. The summed E-state index contributed by atoms with van der Waals surface area (Å²) in [5.74, 6) is -0.526. The summed E-state index contributed by atoms with van der Waals surface area (Å²) in [5.41, 5.74) is 0. The van der Waals surface area contributed by atoms with E-state index in [9.17, 15) is 30.3 Å². The van der Waals surface area contributed by atoms with Crippen LogP contribution in [0.5, 0.6) is 0 Å². The van der Waals surface area contributed by atoms with Crippen molar-refractivity contribution in [3.63, 3.8) is 0 Å². The van der Waals surface area contributed by atoms with Gasteiger partial charge in [-0.3, -0.25) is 4.79 Å². The molecule has 6 N–H and O–H groups in total. The Labute approximate surface area is 216 Å². The van der Waals surface area contributed by atoms with Gasteiger partial charge in [0.1, 0.15) is 36.6 Å². The number of carbonyl (C=O) groups excluding carboxylic acids is 1. The van der Waals surface area contributed by atoms with E-state index in [2.05, 4.69) is 6.92 Å². The van der Waals surface area contributed by atoms with Crippen molar-refractivity contribution in [3.05, 3.63) is 0 Å². The van der Waals surface area contributed by atoms with Crippen molar-refractivity contribution < 1.29 is 44.9 Å². The van der Waals surface area contributed by atoms with Gasteiger partial charge < -0.3 is 40.1 Å². The monoisotopic (exact) mass is 520 g/mol. The molecule has 36 heavy (non-hydrogen) atoms. The average Bonchev–Trinajstić information content (AvgIpc) is 3.72. The number of aliphatic hydroxyl groups excluding tert-OH is 6. The molecular formula is C27H52O9. The standard InChI is InChI=1S/C27H52O9/c1-2-3-4-5-6-7-8-9-10-11-12-13-14-15-16-17-22(30)36-27(21-19-35-21)26(34)25(33)24(32)23(31)20(29)18-28/h20-21,23-29,31-34H,2-19H2,1H3/t20-,21?,23-,24+,25-,26?,27?/m1/s1. The van der Waals surface area contributed by atoms with Crippen molar-refractivity contribution in [2.75, 3.05) is 13.2 Å². The maximum Gasteiger partial charge on any atom is 0.306 e. The van der Waals surface area contributed by atoms with Crippen molar-refractivity contribution in [2.45, 2.75) is 152 Å². The minimum Gasteiger partial charge on any atom is -0.457 e. The van der Waals surface area contributed by atoms with Crippen molar-refractivity contribution in [2.24, 2.45) is 0 Å². The SMILES string of the molecule is CCCCCCCCCCCCCCCCCC(=O)OC(C1CO1)C(O)[C@H](O)[C@@H](O)[C@H](O)[C@H](O)CO. The highest BCUT2D eigenvalue weighted by atomic mass is 16.6. The van der Waals surface area contributed by atoms with Crippen LogP contribution in [0.2, 0.25) is 0 Å². The molecule has 3 unspecified atom stereocenters. The molecule has 9 nitrogen and oxygen atoms in total. The zero-order valence-corrected chi connectivity index (χ0v) is 22.2. The summed E-state index contributed by atoms with van der Waals surface area (Å²) in [5, 5.41) is 58.6. The summed E-state index contributed by atoms with van der Waals surface area (Å²) in [6.45, 7) is 1.65. The molecule has 1 heterocycles. The molecule has 0 radical (unpaired) electrons. The van der Waals surface area contributed by atoms with Crippen LogP contribution in [0.4, 0.5) is 0 Å². The van der Waals surface area contributed by atoms with Crippen LogP contribution in [0.15, 0.2) is 0 Å². The number of unbranched alkanes of at least 4 members (excludes halogenated alkanes) is 14. The zero-order valence-electron chi connectivity index (χ0n) is 22.2. The molecule has 0 aromatic heterocycles. The van der Waals surface area contributed by atoms with Crippen molar-refractivity contribution in [1.29, 1.82) is 0 Å². The lowest BCUT2D eigenvalue weighted by atomic mass is 9.95. The molecule has 9 heteroatoms. The Kier molecular flexibility index (Phi) is 18.6. The number of aliphatic hydroxyl groups is 6. The van der Waals surface area contributed by atoms with Gasteiger partial charge in [0.2, 0.25) is 0 Å². The highest BCUT2D eigenvalue weighted by molar-refractivity contribution is 5.69. The summed E-state index contributed by atoms with van der Waals surface area (Å²) in [4.78, 5) is 12.2.